The summed E-state index contributed by atoms with van der Waals surface area (Å²) in [5.41, 5.74) is 9.19. The Morgan fingerprint density at radius 2 is 2.00 bits per heavy atom. The molecular weight excluding hydrogens is 448 g/mol. The minimum atomic E-state index is -0.655. The minimum absolute atomic E-state index is 0.118. The molecule has 10 nitrogen and oxygen atoms in total. The van der Waals surface area contributed by atoms with E-state index in [1.165, 1.54) is 7.11 Å². The molecule has 2 N–H and O–H groups in total. The van der Waals surface area contributed by atoms with Gasteiger partial charge in [0.25, 0.3) is 5.91 Å². The summed E-state index contributed by atoms with van der Waals surface area (Å²) in [5.74, 6) is -0.173. The molecule has 35 heavy (non-hydrogen) atoms. The molecule has 0 atom stereocenters. The smallest absolute Gasteiger partial charge is 0.269 e. The summed E-state index contributed by atoms with van der Waals surface area (Å²) in [7, 11) is 1.51. The number of amides is 3. The third-order valence-corrected chi connectivity index (χ3v) is 6.19. The lowest BCUT2D eigenvalue weighted by molar-refractivity contribution is -0.119. The Bertz CT molecular complexity index is 1240. The van der Waals surface area contributed by atoms with E-state index in [-0.39, 0.29) is 11.6 Å². The van der Waals surface area contributed by atoms with Crippen LogP contribution in [-0.2, 0) is 16.0 Å². The van der Waals surface area contributed by atoms with Crippen LogP contribution in [0, 0.1) is 6.92 Å². The number of carbonyl (C=O) groups is 3. The Balaban J connectivity index is 1.56. The second-order valence-corrected chi connectivity index (χ2v) is 8.29. The van der Waals surface area contributed by atoms with E-state index in [0.717, 1.165) is 24.9 Å². The number of methoxy groups -OCH3 is 1. The van der Waals surface area contributed by atoms with Gasteiger partial charge in [0.2, 0.25) is 18.2 Å². The zero-order valence-corrected chi connectivity index (χ0v) is 19.8. The van der Waals surface area contributed by atoms with Gasteiger partial charge in [-0.05, 0) is 62.6 Å². The van der Waals surface area contributed by atoms with Gasteiger partial charge in [-0.3, -0.25) is 14.4 Å². The van der Waals surface area contributed by atoms with Crippen molar-refractivity contribution in [2.45, 2.75) is 32.6 Å². The molecule has 0 radical (unpaired) electrons. The molecule has 0 unspecified atom stereocenters. The number of hydrogen-bond donors (Lipinski definition) is 1. The average molecular weight is 477 g/mol. The molecule has 0 bridgehead atoms. The molecule has 3 aromatic rings. The zero-order chi connectivity index (χ0) is 24.9. The number of nitrogens with zero attached hydrogens (tertiary/aromatic N) is 5. The highest BCUT2D eigenvalue weighted by molar-refractivity contribution is 5.94. The molecule has 3 heterocycles. The second-order valence-electron chi connectivity index (χ2n) is 8.29. The Morgan fingerprint density at radius 1 is 1.23 bits per heavy atom. The van der Waals surface area contributed by atoms with Crippen molar-refractivity contribution < 1.29 is 19.1 Å². The van der Waals surface area contributed by atoms with Gasteiger partial charge in [0.15, 0.2) is 5.69 Å². The number of carbonyl (C=O) groups excluding carboxylic acids is 3. The van der Waals surface area contributed by atoms with Crippen LogP contribution in [0.25, 0.3) is 5.69 Å². The van der Waals surface area contributed by atoms with Crippen LogP contribution >= 0.6 is 0 Å². The summed E-state index contributed by atoms with van der Waals surface area (Å²) in [6, 6.07) is 10.9. The first kappa shape index (κ1) is 23.9. The molecule has 0 saturated carbocycles. The lowest BCUT2D eigenvalue weighted by Crippen LogP contribution is -2.35. The first-order valence-corrected chi connectivity index (χ1v) is 11.4. The van der Waals surface area contributed by atoms with Crippen molar-refractivity contribution in [3.63, 3.8) is 0 Å². The number of primary amides is 1. The third-order valence-electron chi connectivity index (χ3n) is 6.19. The van der Waals surface area contributed by atoms with Crippen LogP contribution in [0.15, 0.2) is 42.6 Å². The molecule has 4 rings (SSSR count). The molecule has 1 aliphatic heterocycles. The van der Waals surface area contributed by atoms with Gasteiger partial charge in [-0.2, -0.15) is 5.10 Å². The normalized spacial score (nSPS) is 13.5. The van der Waals surface area contributed by atoms with Gasteiger partial charge in [0.05, 0.1) is 7.11 Å². The monoisotopic (exact) mass is 476 g/mol. The molecule has 1 aromatic carbocycles. The Labute approximate surface area is 203 Å². The third kappa shape index (κ3) is 4.86. The maximum atomic E-state index is 12.2. The second kappa shape index (κ2) is 10.4. The summed E-state index contributed by atoms with van der Waals surface area (Å²) < 4.78 is 6.91. The minimum Gasteiger partial charge on any atom is -0.479 e. The fraction of sp³-hybridized carbons (Fsp3) is 0.320. The number of piperidine rings is 1. The van der Waals surface area contributed by atoms with Crippen molar-refractivity contribution in [3.8, 4) is 11.6 Å². The van der Waals surface area contributed by atoms with Crippen LogP contribution in [0.1, 0.15) is 41.0 Å². The van der Waals surface area contributed by atoms with Crippen molar-refractivity contribution >= 4 is 29.6 Å². The van der Waals surface area contributed by atoms with Crippen LogP contribution in [0.2, 0.25) is 0 Å². The van der Waals surface area contributed by atoms with E-state index in [1.54, 1.807) is 32.8 Å². The predicted octanol–water partition coefficient (Wildman–Crippen LogP) is 2.41. The van der Waals surface area contributed by atoms with Gasteiger partial charge >= 0.3 is 0 Å². The number of ether oxygens (including phenoxy) is 1. The molecule has 1 aliphatic rings. The lowest BCUT2D eigenvalue weighted by Gasteiger charge is -2.27. The van der Waals surface area contributed by atoms with E-state index in [9.17, 15) is 14.4 Å². The van der Waals surface area contributed by atoms with Crippen LogP contribution in [-0.4, -0.2) is 53.2 Å². The van der Waals surface area contributed by atoms with Crippen LogP contribution in [0.5, 0.6) is 5.88 Å². The predicted molar refractivity (Wildman–Crippen MR) is 131 cm³/mol. The Kier molecular flexibility index (Phi) is 7.09. The number of hydrogen-bond acceptors (Lipinski definition) is 6. The zero-order valence-electron chi connectivity index (χ0n) is 19.8. The SMILES string of the molecule is COc1ncccc1-n1nc(C(N)=O)c(CCN(C=O)c2ccc(N3CCCCC3=O)cc2)c1C. The van der Waals surface area contributed by atoms with Gasteiger partial charge < -0.3 is 20.3 Å². The maximum absolute atomic E-state index is 12.2. The number of nitrogens with two attached hydrogens (primary N) is 1. The summed E-state index contributed by atoms with van der Waals surface area (Å²) in [5, 5.41) is 4.41. The maximum Gasteiger partial charge on any atom is 0.269 e. The molecule has 182 valence electrons. The van der Waals surface area contributed by atoms with Crippen molar-refractivity contribution in [2.24, 2.45) is 5.73 Å². The molecule has 10 heteroatoms. The molecular formula is C25H28N6O4. The summed E-state index contributed by atoms with van der Waals surface area (Å²) in [6.45, 7) is 2.84. The highest BCUT2D eigenvalue weighted by atomic mass is 16.5. The van der Waals surface area contributed by atoms with E-state index >= 15 is 0 Å². The Hall–Kier alpha value is -4.21. The van der Waals surface area contributed by atoms with Crippen molar-refractivity contribution in [1.82, 2.24) is 14.8 Å². The first-order valence-electron chi connectivity index (χ1n) is 11.4. The van der Waals surface area contributed by atoms with Gasteiger partial charge in [0, 0.05) is 48.3 Å². The van der Waals surface area contributed by atoms with E-state index in [4.69, 9.17) is 10.5 Å². The van der Waals surface area contributed by atoms with E-state index in [1.807, 2.05) is 31.2 Å². The standard InChI is InChI=1S/C25H28N6O4/c1-17-20(23(24(26)34)28-31(17)21-6-5-13-27-25(21)35-2)12-15-29(16-32)18-8-10-19(11-9-18)30-14-4-3-7-22(30)33/h5-6,8-11,13,16H,3-4,7,12,14-15H2,1-2H3,(H2,26,34). The number of benzene rings is 1. The Morgan fingerprint density at radius 3 is 2.66 bits per heavy atom. The number of pyridine rings is 1. The lowest BCUT2D eigenvalue weighted by atomic mass is 10.1. The van der Waals surface area contributed by atoms with Gasteiger partial charge in [0.1, 0.15) is 5.69 Å². The fourth-order valence-electron chi connectivity index (χ4n) is 4.35. The molecule has 1 saturated heterocycles. The molecule has 2 aromatic heterocycles. The summed E-state index contributed by atoms with van der Waals surface area (Å²) in [4.78, 5) is 43.8. The van der Waals surface area contributed by atoms with Crippen molar-refractivity contribution in [2.75, 3.05) is 30.0 Å². The molecule has 0 aliphatic carbocycles. The molecule has 1 fully saturated rings. The van der Waals surface area contributed by atoms with Crippen LogP contribution in [0.4, 0.5) is 11.4 Å². The largest absolute Gasteiger partial charge is 0.479 e. The fourth-order valence-corrected chi connectivity index (χ4v) is 4.35. The summed E-state index contributed by atoms with van der Waals surface area (Å²) in [6.07, 6.45) is 5.16. The van der Waals surface area contributed by atoms with Crippen molar-refractivity contribution in [3.05, 3.63) is 59.5 Å². The van der Waals surface area contributed by atoms with Crippen LogP contribution in [0.3, 0.4) is 0 Å². The first-order chi connectivity index (χ1) is 16.9. The van der Waals surface area contributed by atoms with Gasteiger partial charge in [-0.25, -0.2) is 9.67 Å². The van der Waals surface area contributed by atoms with Gasteiger partial charge in [-0.1, -0.05) is 0 Å². The highest BCUT2D eigenvalue weighted by Gasteiger charge is 2.23. The van der Waals surface area contributed by atoms with E-state index in [0.29, 0.717) is 54.4 Å². The average Bonchev–Trinajstić information content (AvgIpc) is 3.21. The van der Waals surface area contributed by atoms with Crippen molar-refractivity contribution in [1.29, 1.82) is 0 Å². The summed E-state index contributed by atoms with van der Waals surface area (Å²) >= 11 is 0. The topological polar surface area (TPSA) is 124 Å². The number of rotatable bonds is 9. The van der Waals surface area contributed by atoms with Gasteiger partial charge in [-0.15, -0.1) is 0 Å². The molecule has 3 amide bonds. The quantitative estimate of drug-likeness (QED) is 0.473. The number of anilines is 2. The number of aromatic nitrogens is 3. The highest BCUT2D eigenvalue weighted by Crippen LogP contribution is 2.26. The van der Waals surface area contributed by atoms with E-state index < -0.39 is 5.91 Å². The van der Waals surface area contributed by atoms with E-state index in [2.05, 4.69) is 10.1 Å². The molecule has 0 spiro atoms. The van der Waals surface area contributed by atoms with Crippen LogP contribution < -0.4 is 20.3 Å².